The molecule has 5 heteroatoms. The average molecular weight is 291 g/mol. The van der Waals surface area contributed by atoms with E-state index in [-0.39, 0.29) is 0 Å². The molecule has 1 aliphatic heterocycles. The van der Waals surface area contributed by atoms with Crippen molar-refractivity contribution in [3.63, 3.8) is 0 Å². The fraction of sp³-hybridized carbons (Fsp3) is 0.167. The van der Waals surface area contributed by atoms with Crippen LogP contribution in [0.1, 0.15) is 0 Å². The summed E-state index contributed by atoms with van der Waals surface area (Å²) in [7, 11) is 0. The van der Waals surface area contributed by atoms with Crippen molar-refractivity contribution in [3.05, 3.63) is 40.3 Å². The molecule has 1 aliphatic rings. The molecule has 0 saturated heterocycles. The number of nitrogens with zero attached hydrogens (tertiary/aromatic N) is 2. The van der Waals surface area contributed by atoms with Crippen molar-refractivity contribution in [3.8, 4) is 11.3 Å². The molecular weight excluding hydrogens is 280 g/mol. The lowest BCUT2D eigenvalue weighted by Crippen LogP contribution is -2.18. The van der Waals surface area contributed by atoms with Crippen LogP contribution in [0.15, 0.2) is 34.8 Å². The lowest BCUT2D eigenvalue weighted by atomic mass is 10.1. The first-order chi connectivity index (χ1) is 8.24. The molecule has 0 atom stereocenters. The Labute approximate surface area is 107 Å². The summed E-state index contributed by atoms with van der Waals surface area (Å²) < 4.78 is 2.92. The lowest BCUT2D eigenvalue weighted by molar-refractivity contribution is 0.735. The van der Waals surface area contributed by atoms with E-state index < -0.39 is 0 Å². The number of fused-ring (bicyclic) bond motifs is 1. The van der Waals surface area contributed by atoms with E-state index in [1.165, 1.54) is 0 Å². The SMILES string of the molecule is N=c1cc(-c2ccc(Br)cc2)nc2n1CCN2. The molecule has 2 aromatic rings. The second-order valence-corrected chi connectivity index (χ2v) is 4.85. The Hall–Kier alpha value is -1.62. The van der Waals surface area contributed by atoms with Crippen molar-refractivity contribution in [1.29, 1.82) is 5.41 Å². The zero-order chi connectivity index (χ0) is 11.8. The van der Waals surface area contributed by atoms with E-state index in [9.17, 15) is 0 Å². The fourth-order valence-corrected chi connectivity index (χ4v) is 2.20. The minimum atomic E-state index is 0.498. The van der Waals surface area contributed by atoms with Crippen molar-refractivity contribution in [2.75, 3.05) is 11.9 Å². The Morgan fingerprint density at radius 3 is 2.82 bits per heavy atom. The van der Waals surface area contributed by atoms with Crippen LogP contribution in [0.4, 0.5) is 5.95 Å². The van der Waals surface area contributed by atoms with Gasteiger partial charge in [-0.1, -0.05) is 28.1 Å². The van der Waals surface area contributed by atoms with E-state index in [1.54, 1.807) is 6.07 Å². The molecule has 3 rings (SSSR count). The monoisotopic (exact) mass is 290 g/mol. The van der Waals surface area contributed by atoms with Crippen LogP contribution in [0.3, 0.4) is 0 Å². The summed E-state index contributed by atoms with van der Waals surface area (Å²) in [6, 6.07) is 9.76. The Balaban J connectivity index is 2.13. The van der Waals surface area contributed by atoms with E-state index in [0.717, 1.165) is 34.8 Å². The summed E-state index contributed by atoms with van der Waals surface area (Å²) in [4.78, 5) is 4.53. The topological polar surface area (TPSA) is 53.7 Å². The molecule has 2 heterocycles. The van der Waals surface area contributed by atoms with E-state index in [4.69, 9.17) is 5.41 Å². The minimum absolute atomic E-state index is 0.498. The van der Waals surface area contributed by atoms with Crippen LogP contribution in [0.5, 0.6) is 0 Å². The van der Waals surface area contributed by atoms with Gasteiger partial charge in [0.15, 0.2) is 0 Å². The van der Waals surface area contributed by atoms with Crippen molar-refractivity contribution in [2.24, 2.45) is 0 Å². The van der Waals surface area contributed by atoms with E-state index in [2.05, 4.69) is 26.2 Å². The van der Waals surface area contributed by atoms with E-state index in [0.29, 0.717) is 5.49 Å². The number of nitrogens with one attached hydrogen (secondary N) is 2. The normalized spacial score (nSPS) is 13.2. The smallest absolute Gasteiger partial charge is 0.205 e. The summed E-state index contributed by atoms with van der Waals surface area (Å²) in [5.74, 6) is 0.787. The summed E-state index contributed by atoms with van der Waals surface area (Å²) in [6.07, 6.45) is 0. The molecule has 0 fully saturated rings. The average Bonchev–Trinajstić information content (AvgIpc) is 2.78. The van der Waals surface area contributed by atoms with Gasteiger partial charge in [0.05, 0.1) is 5.69 Å². The van der Waals surface area contributed by atoms with Crippen LogP contribution in [-0.2, 0) is 6.54 Å². The first kappa shape index (κ1) is 10.5. The van der Waals surface area contributed by atoms with Crippen LogP contribution < -0.4 is 10.8 Å². The highest BCUT2D eigenvalue weighted by molar-refractivity contribution is 9.10. The summed E-state index contributed by atoms with van der Waals surface area (Å²) >= 11 is 3.41. The zero-order valence-corrected chi connectivity index (χ0v) is 10.7. The van der Waals surface area contributed by atoms with Gasteiger partial charge in [0.25, 0.3) is 0 Å². The molecule has 0 spiro atoms. The van der Waals surface area contributed by atoms with Crippen molar-refractivity contribution >= 4 is 21.9 Å². The Kier molecular flexibility index (Phi) is 2.48. The quantitative estimate of drug-likeness (QED) is 0.846. The second kappa shape index (κ2) is 4.00. The summed E-state index contributed by atoms with van der Waals surface area (Å²) in [6.45, 7) is 1.67. The molecule has 0 radical (unpaired) electrons. The van der Waals surface area contributed by atoms with Crippen LogP contribution in [0.2, 0.25) is 0 Å². The predicted octanol–water partition coefficient (Wildman–Crippen LogP) is 2.22. The Morgan fingerprint density at radius 2 is 2.06 bits per heavy atom. The van der Waals surface area contributed by atoms with Crippen molar-refractivity contribution < 1.29 is 0 Å². The van der Waals surface area contributed by atoms with Gasteiger partial charge in [-0.05, 0) is 12.1 Å². The third kappa shape index (κ3) is 1.86. The third-order valence-corrected chi connectivity index (χ3v) is 3.33. The van der Waals surface area contributed by atoms with Crippen LogP contribution in [0.25, 0.3) is 11.3 Å². The van der Waals surface area contributed by atoms with Gasteiger partial charge in [-0.15, -0.1) is 0 Å². The van der Waals surface area contributed by atoms with Gasteiger partial charge in [0, 0.05) is 29.2 Å². The third-order valence-electron chi connectivity index (χ3n) is 2.80. The highest BCUT2D eigenvalue weighted by Gasteiger charge is 2.12. The molecule has 0 bridgehead atoms. The molecule has 4 nitrogen and oxygen atoms in total. The van der Waals surface area contributed by atoms with Gasteiger partial charge in [-0.2, -0.15) is 0 Å². The molecule has 1 aromatic heterocycles. The molecular formula is C12H11BrN4. The molecule has 0 unspecified atom stereocenters. The zero-order valence-electron chi connectivity index (χ0n) is 9.07. The maximum atomic E-state index is 7.96. The second-order valence-electron chi connectivity index (χ2n) is 3.94. The maximum absolute atomic E-state index is 7.96. The first-order valence-electron chi connectivity index (χ1n) is 5.40. The molecule has 1 aromatic carbocycles. The number of benzene rings is 1. The molecule has 0 amide bonds. The van der Waals surface area contributed by atoms with Gasteiger partial charge in [-0.25, -0.2) is 4.98 Å². The predicted molar refractivity (Wildman–Crippen MR) is 69.7 cm³/mol. The number of anilines is 1. The van der Waals surface area contributed by atoms with Gasteiger partial charge in [0.1, 0.15) is 5.49 Å². The van der Waals surface area contributed by atoms with Gasteiger partial charge >= 0.3 is 0 Å². The number of halogens is 1. The van der Waals surface area contributed by atoms with Gasteiger partial charge < -0.3 is 5.32 Å². The molecule has 86 valence electrons. The van der Waals surface area contributed by atoms with Gasteiger partial charge in [0.2, 0.25) is 5.95 Å². The van der Waals surface area contributed by atoms with Crippen molar-refractivity contribution in [1.82, 2.24) is 9.55 Å². The van der Waals surface area contributed by atoms with Crippen LogP contribution in [0, 0.1) is 5.41 Å². The molecule has 2 N–H and O–H groups in total. The molecule has 0 saturated carbocycles. The summed E-state index contributed by atoms with van der Waals surface area (Å²) in [5, 5.41) is 11.1. The maximum Gasteiger partial charge on any atom is 0.205 e. The van der Waals surface area contributed by atoms with Crippen molar-refractivity contribution in [2.45, 2.75) is 6.54 Å². The van der Waals surface area contributed by atoms with E-state index in [1.807, 2.05) is 28.8 Å². The Bertz CT molecular complexity index is 615. The number of rotatable bonds is 1. The standard InChI is InChI=1S/C12H11BrN4/c13-9-3-1-8(2-4-9)10-7-11(14)17-6-5-15-12(17)16-10/h1-4,7,14H,5-6H2,(H,15,16). The van der Waals surface area contributed by atoms with Crippen LogP contribution in [-0.4, -0.2) is 16.1 Å². The van der Waals surface area contributed by atoms with Crippen LogP contribution >= 0.6 is 15.9 Å². The molecule has 17 heavy (non-hydrogen) atoms. The number of hydrogen-bond donors (Lipinski definition) is 2. The first-order valence-corrected chi connectivity index (χ1v) is 6.19. The van der Waals surface area contributed by atoms with E-state index >= 15 is 0 Å². The number of aromatic nitrogens is 2. The Morgan fingerprint density at radius 1 is 1.29 bits per heavy atom. The summed E-state index contributed by atoms with van der Waals surface area (Å²) in [5.41, 5.74) is 2.36. The molecule has 0 aliphatic carbocycles. The highest BCUT2D eigenvalue weighted by Crippen LogP contribution is 2.20. The fourth-order valence-electron chi connectivity index (χ4n) is 1.94. The lowest BCUT2D eigenvalue weighted by Gasteiger charge is -2.06. The largest absolute Gasteiger partial charge is 0.354 e. The minimum Gasteiger partial charge on any atom is -0.354 e. The highest BCUT2D eigenvalue weighted by atomic mass is 79.9. The number of hydrogen-bond acceptors (Lipinski definition) is 3. The van der Waals surface area contributed by atoms with Gasteiger partial charge in [-0.3, -0.25) is 9.98 Å².